The average molecular weight is 653 g/mol. The molecule has 0 N–H and O–H groups in total. The zero-order valence-corrected chi connectivity index (χ0v) is 29.0. The van der Waals surface area contributed by atoms with Gasteiger partial charge in [0.05, 0.1) is 27.7 Å². The first-order valence-electron chi connectivity index (χ1n) is 17.3. The van der Waals surface area contributed by atoms with Crippen molar-refractivity contribution in [2.75, 3.05) is 4.90 Å². The van der Waals surface area contributed by atoms with Crippen molar-refractivity contribution in [3.05, 3.63) is 120 Å². The van der Waals surface area contributed by atoms with Crippen LogP contribution in [0.2, 0.25) is 0 Å². The molecule has 1 aliphatic heterocycles. The molecule has 0 saturated carbocycles. The molecule has 10 rings (SSSR count). The Morgan fingerprint density at radius 3 is 2.10 bits per heavy atom. The predicted octanol–water partition coefficient (Wildman–Crippen LogP) is 10.4. The third-order valence-corrected chi connectivity index (χ3v) is 11.7. The lowest BCUT2D eigenvalue weighted by molar-refractivity contribution is 0.251. The first-order valence-corrected chi connectivity index (χ1v) is 17.3. The maximum atomic E-state index is 6.47. The van der Waals surface area contributed by atoms with E-state index < -0.39 is 5.54 Å². The van der Waals surface area contributed by atoms with Gasteiger partial charge in [-0.1, -0.05) is 98.8 Å². The lowest BCUT2D eigenvalue weighted by atomic mass is 9.81. The summed E-state index contributed by atoms with van der Waals surface area (Å²) in [4.78, 5) is 23.2. The van der Waals surface area contributed by atoms with Crippen LogP contribution < -0.4 is 4.90 Å². The van der Waals surface area contributed by atoms with Crippen molar-refractivity contribution >= 4 is 44.9 Å². The maximum absolute atomic E-state index is 6.47. The summed E-state index contributed by atoms with van der Waals surface area (Å²) >= 11 is 0. The van der Waals surface area contributed by atoms with Crippen molar-refractivity contribution < 1.29 is 4.42 Å². The minimum absolute atomic E-state index is 0.117. The van der Waals surface area contributed by atoms with Crippen molar-refractivity contribution in [3.63, 3.8) is 0 Å². The van der Waals surface area contributed by atoms with E-state index in [0.717, 1.165) is 50.0 Å². The van der Waals surface area contributed by atoms with Crippen molar-refractivity contribution in [1.29, 1.82) is 0 Å². The van der Waals surface area contributed by atoms with Crippen LogP contribution in [0.3, 0.4) is 0 Å². The van der Waals surface area contributed by atoms with E-state index in [0.29, 0.717) is 17.6 Å². The van der Waals surface area contributed by atoms with Gasteiger partial charge in [-0.15, -0.1) is 0 Å². The Labute approximate surface area is 290 Å². The summed E-state index contributed by atoms with van der Waals surface area (Å²) in [7, 11) is 0. The summed E-state index contributed by atoms with van der Waals surface area (Å²) in [5.41, 5.74) is 9.68. The number of anilines is 2. The molecule has 5 aromatic carbocycles. The second-order valence-corrected chi connectivity index (χ2v) is 15.2. The Bertz CT molecular complexity index is 2700. The molecule has 3 aromatic heterocycles. The topological polar surface area (TPSA) is 72.9 Å². The van der Waals surface area contributed by atoms with E-state index in [-0.39, 0.29) is 11.0 Å². The molecule has 7 nitrogen and oxygen atoms in total. The van der Waals surface area contributed by atoms with Crippen molar-refractivity contribution in [2.24, 2.45) is 0 Å². The van der Waals surface area contributed by atoms with Crippen LogP contribution in [0.5, 0.6) is 0 Å². The molecule has 0 amide bonds. The first kappa shape index (κ1) is 29.1. The summed E-state index contributed by atoms with van der Waals surface area (Å²) in [5.74, 6) is 2.52. The van der Waals surface area contributed by atoms with Crippen LogP contribution in [-0.4, -0.2) is 30.0 Å². The highest BCUT2D eigenvalue weighted by Gasteiger charge is 2.55. The Morgan fingerprint density at radius 1 is 0.560 bits per heavy atom. The molecule has 7 heteroatoms. The number of benzene rings is 5. The van der Waals surface area contributed by atoms with Crippen LogP contribution >= 0.6 is 0 Å². The van der Waals surface area contributed by atoms with E-state index in [9.17, 15) is 0 Å². The normalized spacial score (nSPS) is 16.6. The second kappa shape index (κ2) is 9.66. The predicted molar refractivity (Wildman–Crippen MR) is 201 cm³/mol. The minimum atomic E-state index is -0.459. The zero-order valence-electron chi connectivity index (χ0n) is 29.0. The smallest absolute Gasteiger partial charge is 0.237 e. The molecule has 0 bridgehead atoms. The van der Waals surface area contributed by atoms with Gasteiger partial charge < -0.3 is 8.98 Å². The molecule has 2 aliphatic rings. The maximum Gasteiger partial charge on any atom is 0.237 e. The molecular weight excluding hydrogens is 617 g/mol. The number of rotatable bonds is 3. The van der Waals surface area contributed by atoms with Crippen LogP contribution in [0, 0.1) is 0 Å². The largest absolute Gasteiger partial charge is 0.455 e. The molecule has 8 aromatic rings. The fourth-order valence-corrected chi connectivity index (χ4v) is 8.32. The van der Waals surface area contributed by atoms with Crippen LogP contribution in [0.4, 0.5) is 11.9 Å². The van der Waals surface area contributed by atoms with Gasteiger partial charge in [0.1, 0.15) is 11.2 Å². The summed E-state index contributed by atoms with van der Waals surface area (Å²) in [6.45, 7) is 13.7. The monoisotopic (exact) mass is 652 g/mol. The van der Waals surface area contributed by atoms with Gasteiger partial charge in [-0.2, -0.15) is 9.97 Å². The second-order valence-electron chi connectivity index (χ2n) is 15.2. The fraction of sp³-hybridized carbons (Fsp3) is 0.209. The number of para-hydroxylation sites is 2. The SMILES string of the molecule is CC1(C)c2ccccc2-c2cc3nc4n(c3cc21)C(C)(C)C(C)(C)N4c1nc(-c2ccccc2)nc(-c2cccc3c2oc2ccccc23)n1. The highest BCUT2D eigenvalue weighted by atomic mass is 16.3. The molecule has 0 fully saturated rings. The molecule has 0 spiro atoms. The lowest BCUT2D eigenvalue weighted by Gasteiger charge is -2.40. The Morgan fingerprint density at radius 2 is 1.26 bits per heavy atom. The van der Waals surface area contributed by atoms with Gasteiger partial charge in [-0.05, 0) is 74.2 Å². The van der Waals surface area contributed by atoms with Crippen LogP contribution in [-0.2, 0) is 11.0 Å². The molecule has 1 aliphatic carbocycles. The number of hydrogen-bond donors (Lipinski definition) is 0. The van der Waals surface area contributed by atoms with E-state index in [1.165, 1.54) is 22.3 Å². The van der Waals surface area contributed by atoms with Crippen LogP contribution in [0.25, 0.3) is 66.9 Å². The van der Waals surface area contributed by atoms with Crippen molar-refractivity contribution in [3.8, 4) is 33.9 Å². The quantitative estimate of drug-likeness (QED) is 0.189. The summed E-state index contributed by atoms with van der Waals surface area (Å²) in [6.07, 6.45) is 0. The molecule has 0 atom stereocenters. The number of imidazole rings is 1. The molecule has 4 heterocycles. The third kappa shape index (κ3) is 3.69. The van der Waals surface area contributed by atoms with Crippen molar-refractivity contribution in [2.45, 2.75) is 58.0 Å². The number of hydrogen-bond acceptors (Lipinski definition) is 6. The fourth-order valence-electron chi connectivity index (χ4n) is 8.32. The van der Waals surface area contributed by atoms with Gasteiger partial charge in [0.15, 0.2) is 11.6 Å². The first-order chi connectivity index (χ1) is 24.1. The number of furan rings is 1. The number of fused-ring (bicyclic) bond motifs is 9. The molecule has 0 radical (unpaired) electrons. The standard InChI is InChI=1S/C43H36N6O/c1-41(2)31-21-12-10-17-26(31)30-23-33-34(24-32(30)41)48-40(44-33)49(43(5,6)42(48,3)4)39-46-37(25-15-8-7-9-16-25)45-38(47-39)29-20-14-19-28-27-18-11-13-22-35(27)50-36(28)29/h7-24H,1-6H3. The van der Waals surface area contributed by atoms with Crippen molar-refractivity contribution in [1.82, 2.24) is 24.5 Å². The number of nitrogens with zero attached hydrogens (tertiary/aromatic N) is 6. The lowest BCUT2D eigenvalue weighted by Crippen LogP contribution is -2.51. The Kier molecular flexibility index (Phi) is 5.63. The highest BCUT2D eigenvalue weighted by molar-refractivity contribution is 6.09. The van der Waals surface area contributed by atoms with Gasteiger partial charge in [-0.25, -0.2) is 9.97 Å². The van der Waals surface area contributed by atoms with Gasteiger partial charge in [-0.3, -0.25) is 4.90 Å². The molecule has 244 valence electrons. The third-order valence-electron chi connectivity index (χ3n) is 11.7. The summed E-state index contributed by atoms with van der Waals surface area (Å²) < 4.78 is 8.87. The highest BCUT2D eigenvalue weighted by Crippen LogP contribution is 2.54. The van der Waals surface area contributed by atoms with Gasteiger partial charge in [0, 0.05) is 21.8 Å². The molecule has 0 unspecified atom stereocenters. The number of aromatic nitrogens is 5. The van der Waals surface area contributed by atoms with E-state index in [1.807, 2.05) is 60.7 Å². The van der Waals surface area contributed by atoms with Gasteiger partial charge >= 0.3 is 0 Å². The molecule has 50 heavy (non-hydrogen) atoms. The molecule has 0 saturated heterocycles. The zero-order chi connectivity index (χ0) is 34.2. The van der Waals surface area contributed by atoms with Crippen LogP contribution in [0.15, 0.2) is 114 Å². The summed E-state index contributed by atoms with van der Waals surface area (Å²) in [6, 6.07) is 37.8. The van der Waals surface area contributed by atoms with E-state index in [1.54, 1.807) is 0 Å². The van der Waals surface area contributed by atoms with E-state index in [2.05, 4.69) is 99.5 Å². The molecular formula is C43H36N6O. The minimum Gasteiger partial charge on any atom is -0.455 e. The van der Waals surface area contributed by atoms with Gasteiger partial charge in [0.2, 0.25) is 11.9 Å². The Balaban J connectivity index is 1.23. The average Bonchev–Trinajstić information content (AvgIpc) is 3.79. The summed E-state index contributed by atoms with van der Waals surface area (Å²) in [5, 5.41) is 2.10. The van der Waals surface area contributed by atoms with E-state index in [4.69, 9.17) is 24.4 Å². The van der Waals surface area contributed by atoms with E-state index >= 15 is 0 Å². The van der Waals surface area contributed by atoms with Gasteiger partial charge in [0.25, 0.3) is 0 Å². The Hall–Kier alpha value is -5.82. The van der Waals surface area contributed by atoms with Crippen LogP contribution in [0.1, 0.15) is 52.7 Å².